The molecule has 1 aromatic heterocycles. The lowest BCUT2D eigenvalue weighted by Gasteiger charge is -2.44. The summed E-state index contributed by atoms with van der Waals surface area (Å²) in [5.41, 5.74) is 0.606. The van der Waals surface area contributed by atoms with Gasteiger partial charge in [0.25, 0.3) is 0 Å². The summed E-state index contributed by atoms with van der Waals surface area (Å²) in [5.74, 6) is 0.902. The van der Waals surface area contributed by atoms with E-state index >= 15 is 0 Å². The Labute approximate surface area is 112 Å². The van der Waals surface area contributed by atoms with E-state index in [1.807, 2.05) is 0 Å². The van der Waals surface area contributed by atoms with Crippen LogP contribution < -0.4 is 9.47 Å². The van der Waals surface area contributed by atoms with Gasteiger partial charge >= 0.3 is 0 Å². The van der Waals surface area contributed by atoms with Crippen molar-refractivity contribution in [3.8, 4) is 10.8 Å². The monoisotopic (exact) mass is 262 g/mol. The van der Waals surface area contributed by atoms with E-state index in [0.717, 1.165) is 16.2 Å². The van der Waals surface area contributed by atoms with Gasteiger partial charge in [-0.1, -0.05) is 17.4 Å². The molecule has 1 aliphatic heterocycles. The van der Waals surface area contributed by atoms with Gasteiger partial charge in [-0.25, -0.2) is 0 Å². The molecule has 1 aliphatic rings. The summed E-state index contributed by atoms with van der Waals surface area (Å²) in [6, 6.07) is 6.42. The van der Waals surface area contributed by atoms with Crippen LogP contribution in [-0.4, -0.2) is 11.2 Å². The van der Waals surface area contributed by atoms with Gasteiger partial charge in [0.05, 0.1) is 0 Å². The molecule has 18 heavy (non-hydrogen) atoms. The summed E-state index contributed by atoms with van der Waals surface area (Å²) >= 11 is 1.67. The Morgan fingerprint density at radius 3 is 2.39 bits per heavy atom. The molecule has 0 spiro atoms. The zero-order valence-electron chi connectivity index (χ0n) is 11.5. The van der Waals surface area contributed by atoms with Crippen LogP contribution in [0, 0.1) is 6.92 Å². The van der Waals surface area contributed by atoms with Crippen molar-refractivity contribution in [3.05, 3.63) is 23.8 Å². The number of rotatable bonds is 0. The van der Waals surface area contributed by atoms with E-state index in [1.165, 1.54) is 10.3 Å². The predicted octanol–water partition coefficient (Wildman–Crippen LogP) is 4.54. The SMILES string of the molecule is Cc1ccc2c3c(sc2c1)OC(C)(C)C(C)(C)O3. The smallest absolute Gasteiger partial charge is 0.218 e. The van der Waals surface area contributed by atoms with Crippen LogP contribution in [0.3, 0.4) is 0 Å². The van der Waals surface area contributed by atoms with Gasteiger partial charge in [-0.2, -0.15) is 0 Å². The van der Waals surface area contributed by atoms with E-state index in [-0.39, 0.29) is 11.2 Å². The van der Waals surface area contributed by atoms with Gasteiger partial charge in [-0.05, 0) is 52.3 Å². The molecule has 0 aliphatic carbocycles. The first kappa shape index (κ1) is 11.8. The van der Waals surface area contributed by atoms with Gasteiger partial charge in [0, 0.05) is 10.1 Å². The lowest BCUT2D eigenvalue weighted by atomic mass is 9.88. The summed E-state index contributed by atoms with van der Waals surface area (Å²) in [6.45, 7) is 10.4. The minimum atomic E-state index is -0.334. The van der Waals surface area contributed by atoms with Gasteiger partial charge in [-0.3, -0.25) is 0 Å². The Bertz CT molecular complexity index is 623. The minimum absolute atomic E-state index is 0.323. The lowest BCUT2D eigenvalue weighted by Crippen LogP contribution is -2.55. The van der Waals surface area contributed by atoms with Crippen LogP contribution in [0.4, 0.5) is 0 Å². The lowest BCUT2D eigenvalue weighted by molar-refractivity contribution is -0.0951. The Morgan fingerprint density at radius 1 is 1.00 bits per heavy atom. The van der Waals surface area contributed by atoms with Gasteiger partial charge < -0.3 is 9.47 Å². The fourth-order valence-electron chi connectivity index (χ4n) is 2.05. The van der Waals surface area contributed by atoms with Crippen molar-refractivity contribution in [2.45, 2.75) is 45.8 Å². The number of hydrogen-bond acceptors (Lipinski definition) is 3. The summed E-state index contributed by atoms with van der Waals surface area (Å²) in [6.07, 6.45) is 0. The molecular weight excluding hydrogens is 244 g/mol. The topological polar surface area (TPSA) is 18.5 Å². The quantitative estimate of drug-likeness (QED) is 0.694. The highest BCUT2D eigenvalue weighted by molar-refractivity contribution is 7.21. The number of aryl methyl sites for hydroxylation is 1. The maximum absolute atomic E-state index is 6.21. The third-order valence-corrected chi connectivity index (χ3v) is 4.94. The van der Waals surface area contributed by atoms with Crippen LogP contribution in [0.25, 0.3) is 10.1 Å². The Hall–Kier alpha value is -1.22. The maximum Gasteiger partial charge on any atom is 0.218 e. The van der Waals surface area contributed by atoms with Crippen molar-refractivity contribution < 1.29 is 9.47 Å². The molecule has 3 heteroatoms. The molecule has 2 nitrogen and oxygen atoms in total. The molecule has 0 saturated heterocycles. The summed E-state index contributed by atoms with van der Waals surface area (Å²) in [5, 5.41) is 2.06. The molecule has 0 N–H and O–H groups in total. The largest absolute Gasteiger partial charge is 0.478 e. The molecule has 0 radical (unpaired) electrons. The normalized spacial score (nSPS) is 20.1. The third-order valence-electron chi connectivity index (χ3n) is 3.92. The molecule has 0 bridgehead atoms. The zero-order chi connectivity index (χ0) is 13.1. The minimum Gasteiger partial charge on any atom is -0.478 e. The van der Waals surface area contributed by atoms with Crippen molar-refractivity contribution >= 4 is 21.4 Å². The summed E-state index contributed by atoms with van der Waals surface area (Å²) in [7, 11) is 0. The molecule has 1 aromatic carbocycles. The molecule has 0 unspecified atom stereocenters. The third kappa shape index (κ3) is 1.53. The van der Waals surface area contributed by atoms with Crippen LogP contribution in [-0.2, 0) is 0 Å². The first-order chi connectivity index (χ1) is 8.30. The molecule has 3 rings (SSSR count). The van der Waals surface area contributed by atoms with Crippen LogP contribution in [0.5, 0.6) is 10.8 Å². The molecule has 2 aromatic rings. The van der Waals surface area contributed by atoms with Gasteiger partial charge in [-0.15, -0.1) is 0 Å². The van der Waals surface area contributed by atoms with E-state index in [0.29, 0.717) is 0 Å². The van der Waals surface area contributed by atoms with Crippen molar-refractivity contribution in [1.82, 2.24) is 0 Å². The van der Waals surface area contributed by atoms with Crippen LogP contribution in [0.2, 0.25) is 0 Å². The predicted molar refractivity (Wildman–Crippen MR) is 76.0 cm³/mol. The van der Waals surface area contributed by atoms with E-state index in [1.54, 1.807) is 11.3 Å². The second-order valence-corrected chi connectivity index (χ2v) is 6.96. The number of fused-ring (bicyclic) bond motifs is 3. The number of benzene rings is 1. The van der Waals surface area contributed by atoms with Gasteiger partial charge in [0.15, 0.2) is 5.75 Å². The summed E-state index contributed by atoms with van der Waals surface area (Å²) in [4.78, 5) is 0. The standard InChI is InChI=1S/C15H18O2S/c1-9-6-7-10-11(8-9)18-13-12(10)16-14(2,3)15(4,5)17-13/h6-8H,1-5H3. The first-order valence-corrected chi connectivity index (χ1v) is 7.03. The van der Waals surface area contributed by atoms with Crippen LogP contribution in [0.15, 0.2) is 18.2 Å². The molecule has 0 fully saturated rings. The van der Waals surface area contributed by atoms with Gasteiger partial charge in [0.2, 0.25) is 5.06 Å². The van der Waals surface area contributed by atoms with Crippen molar-refractivity contribution in [3.63, 3.8) is 0 Å². The highest BCUT2D eigenvalue weighted by Gasteiger charge is 2.47. The summed E-state index contributed by atoms with van der Waals surface area (Å²) < 4.78 is 13.6. The van der Waals surface area contributed by atoms with E-state index in [9.17, 15) is 0 Å². The second-order valence-electron chi connectivity index (χ2n) is 5.94. The van der Waals surface area contributed by atoms with Crippen LogP contribution in [0.1, 0.15) is 33.3 Å². The molecule has 96 valence electrons. The first-order valence-electron chi connectivity index (χ1n) is 6.21. The Kier molecular flexibility index (Phi) is 2.25. The fourth-order valence-corrected chi connectivity index (χ4v) is 3.26. The van der Waals surface area contributed by atoms with Gasteiger partial charge in [0.1, 0.15) is 11.2 Å². The fraction of sp³-hybridized carbons (Fsp3) is 0.467. The van der Waals surface area contributed by atoms with Crippen LogP contribution >= 0.6 is 11.3 Å². The second kappa shape index (κ2) is 3.41. The number of hydrogen-bond donors (Lipinski definition) is 0. The molecule has 0 atom stereocenters. The Balaban J connectivity index is 2.22. The van der Waals surface area contributed by atoms with Crippen molar-refractivity contribution in [2.24, 2.45) is 0 Å². The molecule has 0 amide bonds. The highest BCUT2D eigenvalue weighted by Crippen LogP contribution is 2.52. The van der Waals surface area contributed by atoms with Crippen molar-refractivity contribution in [2.75, 3.05) is 0 Å². The van der Waals surface area contributed by atoms with E-state index < -0.39 is 0 Å². The van der Waals surface area contributed by atoms with E-state index in [2.05, 4.69) is 52.8 Å². The average molecular weight is 262 g/mol. The number of thiophene rings is 1. The molecule has 2 heterocycles. The average Bonchev–Trinajstić information content (AvgIpc) is 2.53. The highest BCUT2D eigenvalue weighted by atomic mass is 32.1. The maximum atomic E-state index is 6.21. The Morgan fingerprint density at radius 2 is 1.67 bits per heavy atom. The molecule has 0 saturated carbocycles. The number of ether oxygens (including phenoxy) is 2. The van der Waals surface area contributed by atoms with Crippen molar-refractivity contribution in [1.29, 1.82) is 0 Å². The zero-order valence-corrected chi connectivity index (χ0v) is 12.3. The van der Waals surface area contributed by atoms with E-state index in [4.69, 9.17) is 9.47 Å². The molecular formula is C15H18O2S.